The lowest BCUT2D eigenvalue weighted by Crippen LogP contribution is -2.20. The Bertz CT molecular complexity index is 1160. The van der Waals surface area contributed by atoms with E-state index in [0.717, 1.165) is 39.4 Å². The van der Waals surface area contributed by atoms with Crippen molar-refractivity contribution in [2.75, 3.05) is 30.4 Å². The SMILES string of the molecule is CN(CCCOC=O)c1cc(-c2nnc(Nc3ccc4[nH]ncc4c3Cl)s2)ccn1. The molecular formula is C19H18ClN7O2S. The average Bonchev–Trinajstić information content (AvgIpc) is 3.43. The summed E-state index contributed by atoms with van der Waals surface area (Å²) in [5.74, 6) is 0.803. The zero-order valence-corrected chi connectivity index (χ0v) is 17.6. The number of hydrogen-bond acceptors (Lipinski definition) is 9. The normalized spacial score (nSPS) is 10.9. The molecule has 3 heterocycles. The maximum atomic E-state index is 10.2. The Morgan fingerprint density at radius 2 is 2.23 bits per heavy atom. The molecule has 0 unspecified atom stereocenters. The van der Waals surface area contributed by atoms with Crippen LogP contribution in [0.15, 0.2) is 36.7 Å². The van der Waals surface area contributed by atoms with Crippen LogP contribution < -0.4 is 10.2 Å². The second-order valence-electron chi connectivity index (χ2n) is 6.44. The zero-order valence-electron chi connectivity index (χ0n) is 16.0. The molecule has 0 radical (unpaired) electrons. The number of nitrogens with zero attached hydrogens (tertiary/aromatic N) is 5. The number of carbonyl (C=O) groups is 1. The van der Waals surface area contributed by atoms with Crippen LogP contribution in [0.5, 0.6) is 0 Å². The van der Waals surface area contributed by atoms with Crippen LogP contribution in [0.25, 0.3) is 21.5 Å². The van der Waals surface area contributed by atoms with E-state index in [-0.39, 0.29) is 0 Å². The molecule has 3 aromatic heterocycles. The molecule has 0 amide bonds. The number of ether oxygens (including phenoxy) is 1. The van der Waals surface area contributed by atoms with E-state index in [1.807, 2.05) is 36.2 Å². The second-order valence-corrected chi connectivity index (χ2v) is 7.80. The van der Waals surface area contributed by atoms with Gasteiger partial charge >= 0.3 is 0 Å². The van der Waals surface area contributed by atoms with Gasteiger partial charge in [0.15, 0.2) is 0 Å². The molecule has 2 N–H and O–H groups in total. The summed E-state index contributed by atoms with van der Waals surface area (Å²) in [5, 5.41) is 21.5. The Kier molecular flexibility index (Phi) is 6.05. The van der Waals surface area contributed by atoms with Gasteiger partial charge in [-0.05, 0) is 30.7 Å². The number of halogens is 1. The van der Waals surface area contributed by atoms with Gasteiger partial charge in [-0.15, -0.1) is 10.2 Å². The molecule has 0 saturated carbocycles. The van der Waals surface area contributed by atoms with Crippen molar-refractivity contribution >= 4 is 56.9 Å². The van der Waals surface area contributed by atoms with Gasteiger partial charge < -0.3 is 15.0 Å². The van der Waals surface area contributed by atoms with Crippen LogP contribution in [0.3, 0.4) is 0 Å². The van der Waals surface area contributed by atoms with E-state index >= 15 is 0 Å². The zero-order chi connectivity index (χ0) is 20.9. The lowest BCUT2D eigenvalue weighted by atomic mass is 10.2. The molecule has 30 heavy (non-hydrogen) atoms. The van der Waals surface area contributed by atoms with Crippen molar-refractivity contribution in [3.8, 4) is 10.6 Å². The fourth-order valence-electron chi connectivity index (χ4n) is 2.89. The summed E-state index contributed by atoms with van der Waals surface area (Å²) in [5.41, 5.74) is 2.52. The van der Waals surface area contributed by atoms with Gasteiger partial charge in [-0.3, -0.25) is 9.89 Å². The molecule has 154 valence electrons. The summed E-state index contributed by atoms with van der Waals surface area (Å²) in [7, 11) is 1.94. The third-order valence-corrected chi connectivity index (χ3v) is 5.73. The molecule has 1 aromatic carbocycles. The van der Waals surface area contributed by atoms with Gasteiger partial charge in [0.1, 0.15) is 10.8 Å². The Morgan fingerprint density at radius 3 is 3.10 bits per heavy atom. The molecule has 0 atom stereocenters. The van der Waals surface area contributed by atoms with Crippen molar-refractivity contribution in [3.63, 3.8) is 0 Å². The Hall–Kier alpha value is -3.24. The van der Waals surface area contributed by atoms with E-state index < -0.39 is 0 Å². The molecular weight excluding hydrogens is 426 g/mol. The maximum Gasteiger partial charge on any atom is 0.293 e. The maximum absolute atomic E-state index is 10.2. The number of aromatic amines is 1. The summed E-state index contributed by atoms with van der Waals surface area (Å²) < 4.78 is 4.73. The third kappa shape index (κ3) is 4.34. The van der Waals surface area contributed by atoms with Crippen molar-refractivity contribution in [2.24, 2.45) is 0 Å². The van der Waals surface area contributed by atoms with Gasteiger partial charge in [0, 0.05) is 30.7 Å². The number of nitrogens with one attached hydrogen (secondary N) is 2. The number of pyridine rings is 1. The number of carbonyl (C=O) groups excluding carboxylic acids is 1. The largest absolute Gasteiger partial charge is 0.468 e. The first-order valence-corrected chi connectivity index (χ1v) is 10.3. The molecule has 4 rings (SSSR count). The van der Waals surface area contributed by atoms with Crippen LogP contribution in [-0.2, 0) is 9.53 Å². The standard InChI is InChI=1S/C19H18ClN7O2S/c1-27(7-2-8-29-11-28)16-9-12(5-6-21-16)18-25-26-19(30-18)23-15-4-3-14-13(17(15)20)10-22-24-14/h3-6,9-11H,2,7-8H2,1H3,(H,22,24)(H,23,26). The number of fused-ring (bicyclic) bond motifs is 1. The number of rotatable bonds is 9. The Morgan fingerprint density at radius 1 is 1.33 bits per heavy atom. The minimum absolute atomic E-state index is 0.381. The van der Waals surface area contributed by atoms with Crippen molar-refractivity contribution in [2.45, 2.75) is 6.42 Å². The highest BCUT2D eigenvalue weighted by molar-refractivity contribution is 7.18. The lowest BCUT2D eigenvalue weighted by Gasteiger charge is -2.18. The number of aromatic nitrogens is 5. The summed E-state index contributed by atoms with van der Waals surface area (Å²) in [6.45, 7) is 1.55. The second kappa shape index (κ2) is 9.06. The van der Waals surface area contributed by atoms with Crippen LogP contribution in [-0.4, -0.2) is 52.1 Å². The summed E-state index contributed by atoms with van der Waals surface area (Å²) in [4.78, 5) is 16.6. The Labute approximate surface area is 181 Å². The third-order valence-electron chi connectivity index (χ3n) is 4.43. The van der Waals surface area contributed by atoms with E-state index in [9.17, 15) is 4.79 Å². The minimum atomic E-state index is 0.381. The van der Waals surface area contributed by atoms with Crippen LogP contribution in [0.1, 0.15) is 6.42 Å². The molecule has 0 aliphatic heterocycles. The van der Waals surface area contributed by atoms with Crippen LogP contribution in [0, 0.1) is 0 Å². The molecule has 11 heteroatoms. The quantitative estimate of drug-likeness (QED) is 0.296. The first kappa shape index (κ1) is 20.0. The van der Waals surface area contributed by atoms with E-state index in [0.29, 0.717) is 29.8 Å². The monoisotopic (exact) mass is 443 g/mol. The molecule has 0 spiro atoms. The average molecular weight is 444 g/mol. The van der Waals surface area contributed by atoms with Gasteiger partial charge in [0.2, 0.25) is 5.13 Å². The highest BCUT2D eigenvalue weighted by atomic mass is 35.5. The highest BCUT2D eigenvalue weighted by Crippen LogP contribution is 2.34. The van der Waals surface area contributed by atoms with Crippen molar-refractivity contribution in [1.29, 1.82) is 0 Å². The topological polar surface area (TPSA) is 109 Å². The molecule has 4 aromatic rings. The van der Waals surface area contributed by atoms with E-state index in [2.05, 4.69) is 30.7 Å². The van der Waals surface area contributed by atoms with Crippen LogP contribution in [0.2, 0.25) is 5.02 Å². The molecule has 0 fully saturated rings. The van der Waals surface area contributed by atoms with Gasteiger partial charge in [-0.2, -0.15) is 5.10 Å². The fraction of sp³-hybridized carbons (Fsp3) is 0.211. The highest BCUT2D eigenvalue weighted by Gasteiger charge is 2.12. The smallest absolute Gasteiger partial charge is 0.293 e. The molecule has 0 saturated heterocycles. The molecule has 9 nitrogen and oxygen atoms in total. The van der Waals surface area contributed by atoms with Crippen molar-refractivity contribution in [3.05, 3.63) is 41.7 Å². The van der Waals surface area contributed by atoms with Crippen LogP contribution >= 0.6 is 22.9 Å². The van der Waals surface area contributed by atoms with Gasteiger partial charge in [-0.1, -0.05) is 22.9 Å². The van der Waals surface area contributed by atoms with E-state index in [1.165, 1.54) is 11.3 Å². The number of H-pyrrole nitrogens is 1. The molecule has 0 aliphatic carbocycles. The van der Waals surface area contributed by atoms with Gasteiger partial charge in [-0.25, -0.2) is 4.98 Å². The van der Waals surface area contributed by atoms with E-state index in [1.54, 1.807) is 12.4 Å². The Balaban J connectivity index is 1.48. The predicted octanol–water partition coefficient (Wildman–Crippen LogP) is 3.87. The molecule has 0 bridgehead atoms. The number of benzene rings is 1. The minimum Gasteiger partial charge on any atom is -0.468 e. The predicted molar refractivity (Wildman–Crippen MR) is 117 cm³/mol. The first-order valence-electron chi connectivity index (χ1n) is 9.10. The first-order chi connectivity index (χ1) is 14.7. The summed E-state index contributed by atoms with van der Waals surface area (Å²) in [6.07, 6.45) is 4.14. The van der Waals surface area contributed by atoms with Gasteiger partial charge in [0.05, 0.1) is 29.0 Å². The van der Waals surface area contributed by atoms with Gasteiger partial charge in [0.25, 0.3) is 6.47 Å². The van der Waals surface area contributed by atoms with E-state index in [4.69, 9.17) is 16.3 Å². The number of anilines is 3. The number of hydrogen-bond donors (Lipinski definition) is 2. The molecule has 0 aliphatic rings. The lowest BCUT2D eigenvalue weighted by molar-refractivity contribution is -0.128. The summed E-state index contributed by atoms with van der Waals surface area (Å²) in [6, 6.07) is 7.62. The fourth-order valence-corrected chi connectivity index (χ4v) is 3.91. The van der Waals surface area contributed by atoms with Crippen molar-refractivity contribution in [1.82, 2.24) is 25.4 Å². The van der Waals surface area contributed by atoms with Crippen LogP contribution in [0.4, 0.5) is 16.6 Å². The van der Waals surface area contributed by atoms with Crippen molar-refractivity contribution < 1.29 is 9.53 Å². The summed E-state index contributed by atoms with van der Waals surface area (Å²) >= 11 is 7.89.